The molecule has 108 valence electrons. The van der Waals surface area contributed by atoms with E-state index in [-0.39, 0.29) is 5.82 Å². The summed E-state index contributed by atoms with van der Waals surface area (Å²) in [5.74, 6) is 0.139. The van der Waals surface area contributed by atoms with Crippen molar-refractivity contribution in [3.05, 3.63) is 53.9 Å². The van der Waals surface area contributed by atoms with E-state index in [1.54, 1.807) is 12.1 Å². The third kappa shape index (κ3) is 5.13. The van der Waals surface area contributed by atoms with Gasteiger partial charge < -0.3 is 9.47 Å². The second kappa shape index (κ2) is 8.48. The Bertz CT molecular complexity index is 509. The number of rotatable bonds is 7. The van der Waals surface area contributed by atoms with Crippen LogP contribution in [0.3, 0.4) is 0 Å². The van der Waals surface area contributed by atoms with Crippen LogP contribution in [0.5, 0.6) is 5.75 Å². The number of benzene rings is 1. The molecule has 1 aromatic rings. The molecule has 2 nitrogen and oxygen atoms in total. The average Bonchev–Trinajstić information content (AvgIpc) is 2.43. The predicted molar refractivity (Wildman–Crippen MR) is 83.8 cm³/mol. The van der Waals surface area contributed by atoms with Gasteiger partial charge in [0.25, 0.3) is 0 Å². The van der Waals surface area contributed by atoms with Gasteiger partial charge in [-0.15, -0.1) is 0 Å². The molecule has 1 aromatic carbocycles. The van der Waals surface area contributed by atoms with E-state index in [0.29, 0.717) is 30.4 Å². The fourth-order valence-electron chi connectivity index (χ4n) is 1.60. The monoisotopic (exact) mass is 294 g/mol. The molecule has 0 bridgehead atoms. The standard InChI is InChI=1S/C16H19FO2S/c1-4-12(5-2)11-19-15-10-14(17)8-7-13(15)9-16(20)18-6-3/h4-5,7-8,10H,1,6,9,11H2,2-3H3/b12-5+. The highest BCUT2D eigenvalue weighted by molar-refractivity contribution is 7.80. The van der Waals surface area contributed by atoms with Crippen molar-refractivity contribution in [3.63, 3.8) is 0 Å². The Hall–Kier alpha value is -1.68. The molecule has 0 fully saturated rings. The van der Waals surface area contributed by atoms with Crippen LogP contribution in [0.15, 0.2) is 42.5 Å². The van der Waals surface area contributed by atoms with Crippen LogP contribution in [0.25, 0.3) is 0 Å². The van der Waals surface area contributed by atoms with E-state index >= 15 is 0 Å². The molecule has 1 rings (SSSR count). The van der Waals surface area contributed by atoms with Gasteiger partial charge >= 0.3 is 0 Å². The lowest BCUT2D eigenvalue weighted by Crippen LogP contribution is -2.08. The number of hydrogen-bond acceptors (Lipinski definition) is 3. The van der Waals surface area contributed by atoms with Crippen molar-refractivity contribution in [2.24, 2.45) is 0 Å². The van der Waals surface area contributed by atoms with Crippen LogP contribution in [0.2, 0.25) is 0 Å². The molecule has 0 aliphatic heterocycles. The zero-order valence-corrected chi connectivity index (χ0v) is 12.6. The molecule has 0 spiro atoms. The second-order valence-corrected chi connectivity index (χ2v) is 4.55. The summed E-state index contributed by atoms with van der Waals surface area (Å²) >= 11 is 5.11. The Balaban J connectivity index is 2.84. The lowest BCUT2D eigenvalue weighted by atomic mass is 10.1. The van der Waals surface area contributed by atoms with Crippen molar-refractivity contribution < 1.29 is 13.9 Å². The first-order valence-electron chi connectivity index (χ1n) is 6.45. The fraction of sp³-hybridized carbons (Fsp3) is 0.312. The number of allylic oxidation sites excluding steroid dienone is 1. The maximum absolute atomic E-state index is 13.3. The van der Waals surface area contributed by atoms with E-state index in [4.69, 9.17) is 21.7 Å². The second-order valence-electron chi connectivity index (χ2n) is 4.09. The Morgan fingerprint density at radius 1 is 1.45 bits per heavy atom. The molecule has 0 radical (unpaired) electrons. The minimum absolute atomic E-state index is 0.341. The summed E-state index contributed by atoms with van der Waals surface area (Å²) in [6.07, 6.45) is 4.04. The first-order valence-corrected chi connectivity index (χ1v) is 6.86. The van der Waals surface area contributed by atoms with Gasteiger partial charge in [-0.25, -0.2) is 4.39 Å². The van der Waals surface area contributed by atoms with E-state index in [1.165, 1.54) is 12.1 Å². The highest BCUT2D eigenvalue weighted by atomic mass is 32.1. The van der Waals surface area contributed by atoms with Gasteiger partial charge in [-0.05, 0) is 37.7 Å². The van der Waals surface area contributed by atoms with Gasteiger partial charge in [0.05, 0.1) is 6.61 Å². The van der Waals surface area contributed by atoms with Crippen molar-refractivity contribution in [1.29, 1.82) is 0 Å². The Morgan fingerprint density at radius 2 is 2.20 bits per heavy atom. The van der Waals surface area contributed by atoms with E-state index in [2.05, 4.69) is 6.58 Å². The van der Waals surface area contributed by atoms with E-state index in [0.717, 1.165) is 11.1 Å². The molecule has 0 aromatic heterocycles. The van der Waals surface area contributed by atoms with Gasteiger partial charge in [-0.1, -0.05) is 24.8 Å². The van der Waals surface area contributed by atoms with E-state index in [1.807, 2.05) is 19.9 Å². The van der Waals surface area contributed by atoms with Crippen LogP contribution in [0.4, 0.5) is 4.39 Å². The highest BCUT2D eigenvalue weighted by Gasteiger charge is 2.09. The van der Waals surface area contributed by atoms with Crippen LogP contribution in [0, 0.1) is 5.82 Å². The van der Waals surface area contributed by atoms with Crippen molar-refractivity contribution in [2.75, 3.05) is 13.2 Å². The summed E-state index contributed by atoms with van der Waals surface area (Å²) in [6.45, 7) is 8.33. The first-order chi connectivity index (χ1) is 9.60. The first kappa shape index (κ1) is 16.4. The number of ether oxygens (including phenoxy) is 2. The quantitative estimate of drug-likeness (QED) is 0.553. The SMILES string of the molecule is C=C/C(=C\C)COc1cc(F)ccc1CC(=S)OCC. The zero-order valence-electron chi connectivity index (χ0n) is 11.8. The summed E-state index contributed by atoms with van der Waals surface area (Å²) in [5.41, 5.74) is 1.75. The van der Waals surface area contributed by atoms with Crippen molar-refractivity contribution >= 4 is 17.3 Å². The number of thiocarbonyl (C=S) groups is 1. The average molecular weight is 294 g/mol. The summed E-state index contributed by atoms with van der Waals surface area (Å²) in [4.78, 5) is 0. The van der Waals surface area contributed by atoms with Crippen molar-refractivity contribution in [1.82, 2.24) is 0 Å². The maximum Gasteiger partial charge on any atom is 0.164 e. The summed E-state index contributed by atoms with van der Waals surface area (Å²) in [5, 5.41) is 0.471. The Kier molecular flexibility index (Phi) is 6.94. The van der Waals surface area contributed by atoms with Gasteiger partial charge in [0.1, 0.15) is 18.2 Å². The number of halogens is 1. The summed E-state index contributed by atoms with van der Waals surface area (Å²) < 4.78 is 24.2. The van der Waals surface area contributed by atoms with E-state index in [9.17, 15) is 4.39 Å². The van der Waals surface area contributed by atoms with E-state index < -0.39 is 0 Å². The molecule has 4 heteroatoms. The number of hydrogen-bond donors (Lipinski definition) is 0. The van der Waals surface area contributed by atoms with Gasteiger partial charge in [0, 0.05) is 18.1 Å². The van der Waals surface area contributed by atoms with Crippen LogP contribution in [0.1, 0.15) is 19.4 Å². The van der Waals surface area contributed by atoms with Crippen LogP contribution >= 0.6 is 12.2 Å². The minimum atomic E-state index is -0.341. The molecule has 0 aliphatic carbocycles. The fourth-order valence-corrected chi connectivity index (χ4v) is 1.87. The normalized spacial score (nSPS) is 11.1. The van der Waals surface area contributed by atoms with Gasteiger partial charge in [-0.3, -0.25) is 0 Å². The van der Waals surface area contributed by atoms with Crippen molar-refractivity contribution in [3.8, 4) is 5.75 Å². The maximum atomic E-state index is 13.3. The Labute approximate surface area is 124 Å². The topological polar surface area (TPSA) is 18.5 Å². The van der Waals surface area contributed by atoms with Gasteiger partial charge in [0.15, 0.2) is 5.05 Å². The lowest BCUT2D eigenvalue weighted by Gasteiger charge is -2.13. The van der Waals surface area contributed by atoms with Gasteiger partial charge in [0.2, 0.25) is 0 Å². The van der Waals surface area contributed by atoms with Crippen LogP contribution in [-0.2, 0) is 11.2 Å². The molecule has 0 aliphatic rings. The highest BCUT2D eigenvalue weighted by Crippen LogP contribution is 2.22. The third-order valence-corrected chi connectivity index (χ3v) is 2.96. The molecular formula is C16H19FO2S. The largest absolute Gasteiger partial charge is 0.489 e. The van der Waals surface area contributed by atoms with Crippen molar-refractivity contribution in [2.45, 2.75) is 20.3 Å². The lowest BCUT2D eigenvalue weighted by molar-refractivity contribution is 0.326. The summed E-state index contributed by atoms with van der Waals surface area (Å²) in [6, 6.07) is 4.42. The smallest absolute Gasteiger partial charge is 0.164 e. The molecule has 0 saturated heterocycles. The zero-order chi connectivity index (χ0) is 15.0. The minimum Gasteiger partial charge on any atom is -0.489 e. The molecule has 0 saturated carbocycles. The van der Waals surface area contributed by atoms with Crippen LogP contribution in [-0.4, -0.2) is 18.3 Å². The van der Waals surface area contributed by atoms with Crippen LogP contribution < -0.4 is 4.74 Å². The summed E-state index contributed by atoms with van der Waals surface area (Å²) in [7, 11) is 0. The molecule has 0 atom stereocenters. The third-order valence-electron chi connectivity index (χ3n) is 2.70. The predicted octanol–water partition coefficient (Wildman–Crippen LogP) is 4.24. The molecule has 0 N–H and O–H groups in total. The molecule has 0 amide bonds. The van der Waals surface area contributed by atoms with Gasteiger partial charge in [-0.2, -0.15) is 0 Å². The molecule has 0 heterocycles. The Morgan fingerprint density at radius 3 is 2.80 bits per heavy atom. The molecule has 20 heavy (non-hydrogen) atoms. The molecule has 0 unspecified atom stereocenters. The molecular weight excluding hydrogens is 275 g/mol.